The number of piperidine rings is 1. The summed E-state index contributed by atoms with van der Waals surface area (Å²) in [5.74, 6) is 0.843. The minimum atomic E-state index is 0.115. The standard InChI is InChI=1S/C15H20ClNO2/c16-13-5-7-15(8-6-13)19-11-3-10-17-9-2-1-4-14(17)12-18/h5-8,12,14H,1-4,9-11H2. The molecule has 104 valence electrons. The lowest BCUT2D eigenvalue weighted by atomic mass is 10.0. The summed E-state index contributed by atoms with van der Waals surface area (Å²) in [6.45, 7) is 2.63. The molecule has 1 aromatic carbocycles. The van der Waals surface area contributed by atoms with Gasteiger partial charge >= 0.3 is 0 Å². The summed E-state index contributed by atoms with van der Waals surface area (Å²) in [7, 11) is 0. The van der Waals surface area contributed by atoms with Gasteiger partial charge in [0.2, 0.25) is 0 Å². The van der Waals surface area contributed by atoms with Crippen molar-refractivity contribution in [2.45, 2.75) is 31.7 Å². The quantitative estimate of drug-likeness (QED) is 0.592. The van der Waals surface area contributed by atoms with Crippen molar-refractivity contribution in [2.24, 2.45) is 0 Å². The first kappa shape index (κ1) is 14.4. The Morgan fingerprint density at radius 3 is 2.84 bits per heavy atom. The zero-order valence-corrected chi connectivity index (χ0v) is 11.8. The number of nitrogens with zero attached hydrogens (tertiary/aromatic N) is 1. The van der Waals surface area contributed by atoms with E-state index in [2.05, 4.69) is 4.90 Å². The molecule has 1 fully saturated rings. The average molecular weight is 282 g/mol. The Hall–Kier alpha value is -1.06. The van der Waals surface area contributed by atoms with Crippen molar-refractivity contribution in [3.63, 3.8) is 0 Å². The fourth-order valence-corrected chi connectivity index (χ4v) is 2.56. The van der Waals surface area contributed by atoms with Gasteiger partial charge < -0.3 is 9.53 Å². The van der Waals surface area contributed by atoms with Crippen molar-refractivity contribution in [3.05, 3.63) is 29.3 Å². The molecule has 1 unspecified atom stereocenters. The molecule has 0 N–H and O–H groups in total. The Bertz CT molecular complexity index is 394. The maximum Gasteiger partial charge on any atom is 0.137 e. The van der Waals surface area contributed by atoms with E-state index in [-0.39, 0.29) is 6.04 Å². The summed E-state index contributed by atoms with van der Waals surface area (Å²) in [6, 6.07) is 7.51. The van der Waals surface area contributed by atoms with E-state index >= 15 is 0 Å². The number of hydrogen-bond acceptors (Lipinski definition) is 3. The van der Waals surface area contributed by atoms with Crippen LogP contribution >= 0.6 is 11.6 Å². The van der Waals surface area contributed by atoms with Gasteiger partial charge in [0.05, 0.1) is 12.6 Å². The van der Waals surface area contributed by atoms with Crippen molar-refractivity contribution >= 4 is 17.9 Å². The highest BCUT2D eigenvalue weighted by Crippen LogP contribution is 2.17. The predicted octanol–water partition coefficient (Wildman–Crippen LogP) is 3.16. The highest BCUT2D eigenvalue weighted by molar-refractivity contribution is 6.30. The smallest absolute Gasteiger partial charge is 0.137 e. The van der Waals surface area contributed by atoms with E-state index in [1.54, 1.807) is 0 Å². The number of rotatable bonds is 6. The van der Waals surface area contributed by atoms with Gasteiger partial charge in [-0.2, -0.15) is 0 Å². The lowest BCUT2D eigenvalue weighted by Gasteiger charge is -2.32. The minimum absolute atomic E-state index is 0.115. The number of carbonyl (C=O) groups is 1. The van der Waals surface area contributed by atoms with Crippen LogP contribution in [0, 0.1) is 0 Å². The van der Waals surface area contributed by atoms with Crippen LogP contribution in [0.3, 0.4) is 0 Å². The summed E-state index contributed by atoms with van der Waals surface area (Å²) in [5.41, 5.74) is 0. The SMILES string of the molecule is O=CC1CCCCN1CCCOc1ccc(Cl)cc1. The second-order valence-electron chi connectivity index (χ2n) is 4.89. The second kappa shape index (κ2) is 7.51. The summed E-state index contributed by atoms with van der Waals surface area (Å²) in [4.78, 5) is 13.2. The summed E-state index contributed by atoms with van der Waals surface area (Å²) in [5, 5.41) is 0.717. The largest absolute Gasteiger partial charge is 0.494 e. The monoisotopic (exact) mass is 281 g/mol. The number of halogens is 1. The molecule has 1 aliphatic rings. The first-order valence-corrected chi connectivity index (χ1v) is 7.25. The molecule has 1 atom stereocenters. The average Bonchev–Trinajstić information content (AvgIpc) is 2.46. The van der Waals surface area contributed by atoms with Crippen LogP contribution in [-0.4, -0.2) is 36.9 Å². The van der Waals surface area contributed by atoms with Crippen molar-refractivity contribution in [2.75, 3.05) is 19.7 Å². The predicted molar refractivity (Wildman–Crippen MR) is 76.8 cm³/mol. The minimum Gasteiger partial charge on any atom is -0.494 e. The lowest BCUT2D eigenvalue weighted by Crippen LogP contribution is -2.41. The molecule has 1 aliphatic heterocycles. The van der Waals surface area contributed by atoms with Crippen LogP contribution in [0.15, 0.2) is 24.3 Å². The van der Waals surface area contributed by atoms with Crippen LogP contribution in [0.4, 0.5) is 0 Å². The van der Waals surface area contributed by atoms with Crippen molar-refractivity contribution < 1.29 is 9.53 Å². The highest BCUT2D eigenvalue weighted by atomic mass is 35.5. The van der Waals surface area contributed by atoms with Crippen LogP contribution < -0.4 is 4.74 Å². The van der Waals surface area contributed by atoms with Crippen molar-refractivity contribution in [1.82, 2.24) is 4.90 Å². The fraction of sp³-hybridized carbons (Fsp3) is 0.533. The summed E-state index contributed by atoms with van der Waals surface area (Å²) < 4.78 is 5.65. The molecule has 0 bridgehead atoms. The van der Waals surface area contributed by atoms with Crippen LogP contribution in [-0.2, 0) is 4.79 Å². The molecule has 3 nitrogen and oxygen atoms in total. The summed E-state index contributed by atoms with van der Waals surface area (Å²) >= 11 is 5.81. The molecule has 1 saturated heterocycles. The Labute approximate surface area is 119 Å². The zero-order chi connectivity index (χ0) is 13.5. The molecule has 1 heterocycles. The van der Waals surface area contributed by atoms with E-state index in [9.17, 15) is 4.79 Å². The van der Waals surface area contributed by atoms with Gasteiger partial charge in [0.25, 0.3) is 0 Å². The second-order valence-corrected chi connectivity index (χ2v) is 5.33. The van der Waals surface area contributed by atoms with E-state index in [0.717, 1.165) is 43.0 Å². The van der Waals surface area contributed by atoms with Crippen LogP contribution in [0.2, 0.25) is 5.02 Å². The van der Waals surface area contributed by atoms with Gasteiger partial charge in [-0.05, 0) is 50.1 Å². The van der Waals surface area contributed by atoms with Crippen LogP contribution in [0.1, 0.15) is 25.7 Å². The normalized spacial score (nSPS) is 20.2. The molecule has 0 aromatic heterocycles. The maximum absolute atomic E-state index is 11.0. The van der Waals surface area contributed by atoms with E-state index in [1.807, 2.05) is 24.3 Å². The number of benzene rings is 1. The molecule has 0 saturated carbocycles. The third kappa shape index (κ3) is 4.51. The molecule has 0 amide bonds. The van der Waals surface area contributed by atoms with Crippen LogP contribution in [0.5, 0.6) is 5.75 Å². The van der Waals surface area contributed by atoms with E-state index in [4.69, 9.17) is 16.3 Å². The van der Waals surface area contributed by atoms with Gasteiger partial charge in [0.15, 0.2) is 0 Å². The molecule has 0 aliphatic carbocycles. The van der Waals surface area contributed by atoms with Crippen LogP contribution in [0.25, 0.3) is 0 Å². The highest BCUT2D eigenvalue weighted by Gasteiger charge is 2.20. The molecule has 4 heteroatoms. The lowest BCUT2D eigenvalue weighted by molar-refractivity contribution is -0.113. The first-order chi connectivity index (χ1) is 9.29. The van der Waals surface area contributed by atoms with E-state index < -0.39 is 0 Å². The van der Waals surface area contributed by atoms with E-state index in [0.29, 0.717) is 6.61 Å². The molecule has 1 aromatic rings. The Morgan fingerprint density at radius 1 is 1.32 bits per heavy atom. The molecule has 2 rings (SSSR count). The molecule has 0 spiro atoms. The Kier molecular flexibility index (Phi) is 5.67. The summed E-state index contributed by atoms with van der Waals surface area (Å²) in [6.07, 6.45) is 5.39. The maximum atomic E-state index is 11.0. The zero-order valence-electron chi connectivity index (χ0n) is 11.1. The van der Waals surface area contributed by atoms with Gasteiger partial charge in [-0.15, -0.1) is 0 Å². The Morgan fingerprint density at radius 2 is 2.11 bits per heavy atom. The fourth-order valence-electron chi connectivity index (χ4n) is 2.44. The van der Waals surface area contributed by atoms with Crippen molar-refractivity contribution in [1.29, 1.82) is 0 Å². The Balaban J connectivity index is 1.68. The van der Waals surface area contributed by atoms with Gasteiger partial charge in [-0.3, -0.25) is 4.90 Å². The van der Waals surface area contributed by atoms with Gasteiger partial charge in [0, 0.05) is 11.6 Å². The van der Waals surface area contributed by atoms with Gasteiger partial charge in [-0.1, -0.05) is 18.0 Å². The molecule has 19 heavy (non-hydrogen) atoms. The molecule has 0 radical (unpaired) electrons. The topological polar surface area (TPSA) is 29.5 Å². The number of ether oxygens (including phenoxy) is 1. The number of carbonyl (C=O) groups excluding carboxylic acids is 1. The molecular weight excluding hydrogens is 262 g/mol. The number of aldehydes is 1. The number of likely N-dealkylation sites (tertiary alicyclic amines) is 1. The van der Waals surface area contributed by atoms with Gasteiger partial charge in [0.1, 0.15) is 12.0 Å². The van der Waals surface area contributed by atoms with Crippen molar-refractivity contribution in [3.8, 4) is 5.75 Å². The van der Waals surface area contributed by atoms with E-state index in [1.165, 1.54) is 12.8 Å². The number of hydrogen-bond donors (Lipinski definition) is 0. The third-order valence-electron chi connectivity index (χ3n) is 3.49. The van der Waals surface area contributed by atoms with Gasteiger partial charge in [-0.25, -0.2) is 0 Å². The first-order valence-electron chi connectivity index (χ1n) is 6.87. The molecular formula is C15H20ClNO2. The third-order valence-corrected chi connectivity index (χ3v) is 3.75.